The first kappa shape index (κ1) is 18.0. The zero-order chi connectivity index (χ0) is 18.5. The lowest BCUT2D eigenvalue weighted by Crippen LogP contribution is -2.28. The van der Waals surface area contributed by atoms with E-state index in [1.807, 2.05) is 55.5 Å². The van der Waals surface area contributed by atoms with E-state index in [1.54, 1.807) is 4.90 Å². The predicted molar refractivity (Wildman–Crippen MR) is 103 cm³/mol. The minimum Gasteiger partial charge on any atom is -0.492 e. The summed E-state index contributed by atoms with van der Waals surface area (Å²) in [6.07, 6.45) is 1.07. The maximum absolute atomic E-state index is 12.7. The van der Waals surface area contributed by atoms with E-state index in [0.29, 0.717) is 24.6 Å². The van der Waals surface area contributed by atoms with Crippen LogP contribution >= 0.6 is 0 Å². The third kappa shape index (κ3) is 3.72. The number of para-hydroxylation sites is 3. The van der Waals surface area contributed by atoms with Gasteiger partial charge >= 0.3 is 0 Å². The van der Waals surface area contributed by atoms with Crippen molar-refractivity contribution in [1.29, 1.82) is 0 Å². The molecule has 26 heavy (non-hydrogen) atoms. The number of aryl methyl sites for hydroxylation is 1. The number of carbonyl (C=O) groups is 2. The van der Waals surface area contributed by atoms with Crippen molar-refractivity contribution in [2.45, 2.75) is 26.7 Å². The van der Waals surface area contributed by atoms with Crippen LogP contribution in [0.1, 0.15) is 25.8 Å². The van der Waals surface area contributed by atoms with Crippen LogP contribution in [0.2, 0.25) is 0 Å². The predicted octanol–water partition coefficient (Wildman–Crippen LogP) is 3.64. The van der Waals surface area contributed by atoms with Crippen molar-refractivity contribution in [2.75, 3.05) is 23.4 Å². The molecule has 1 fully saturated rings. The molecule has 1 N–H and O–H groups in total. The Morgan fingerprint density at radius 2 is 1.88 bits per heavy atom. The molecule has 0 aromatic heterocycles. The average Bonchev–Trinajstić information content (AvgIpc) is 3.05. The quantitative estimate of drug-likeness (QED) is 0.863. The Morgan fingerprint density at radius 3 is 2.65 bits per heavy atom. The van der Waals surface area contributed by atoms with Gasteiger partial charge in [0.2, 0.25) is 11.8 Å². The minimum absolute atomic E-state index is 0.0101. The summed E-state index contributed by atoms with van der Waals surface area (Å²) in [7, 11) is 0. The van der Waals surface area contributed by atoms with Gasteiger partial charge in [0.1, 0.15) is 5.75 Å². The summed E-state index contributed by atoms with van der Waals surface area (Å²) >= 11 is 0. The zero-order valence-electron chi connectivity index (χ0n) is 15.2. The lowest BCUT2D eigenvalue weighted by Gasteiger charge is -2.20. The number of nitrogens with one attached hydrogen (secondary N) is 1. The maximum atomic E-state index is 12.7. The number of carbonyl (C=O) groups excluding carboxylic acids is 2. The molecule has 2 aromatic carbocycles. The van der Waals surface area contributed by atoms with Crippen LogP contribution in [0.25, 0.3) is 0 Å². The van der Waals surface area contributed by atoms with Gasteiger partial charge in [-0.25, -0.2) is 0 Å². The van der Waals surface area contributed by atoms with E-state index in [2.05, 4.69) is 12.2 Å². The standard InChI is InChI=1S/C21H24N2O3/c1-3-15-9-5-7-11-18(15)23-14-16(13-20(23)24)21(25)22-17-10-6-8-12-19(17)26-4-2/h5-12,16H,3-4,13-14H2,1-2H3,(H,22,25)/t16-/m0/s1. The van der Waals surface area contributed by atoms with E-state index in [0.717, 1.165) is 17.7 Å². The monoisotopic (exact) mass is 352 g/mol. The van der Waals surface area contributed by atoms with Gasteiger partial charge in [-0.05, 0) is 37.1 Å². The van der Waals surface area contributed by atoms with Crippen molar-refractivity contribution in [2.24, 2.45) is 5.92 Å². The fourth-order valence-electron chi connectivity index (χ4n) is 3.28. The lowest BCUT2D eigenvalue weighted by molar-refractivity contribution is -0.122. The first-order valence-electron chi connectivity index (χ1n) is 9.05. The van der Waals surface area contributed by atoms with E-state index in [9.17, 15) is 9.59 Å². The largest absolute Gasteiger partial charge is 0.492 e. The van der Waals surface area contributed by atoms with Crippen molar-refractivity contribution in [3.8, 4) is 5.75 Å². The van der Waals surface area contributed by atoms with Gasteiger partial charge in [0.25, 0.3) is 0 Å². The van der Waals surface area contributed by atoms with Crippen LogP contribution in [0, 0.1) is 5.92 Å². The number of benzene rings is 2. The molecule has 0 aliphatic carbocycles. The van der Waals surface area contributed by atoms with Gasteiger partial charge in [0, 0.05) is 18.7 Å². The smallest absolute Gasteiger partial charge is 0.229 e. The highest BCUT2D eigenvalue weighted by Gasteiger charge is 2.36. The summed E-state index contributed by atoms with van der Waals surface area (Å²) in [5, 5.41) is 2.92. The Labute approximate surface area is 154 Å². The summed E-state index contributed by atoms with van der Waals surface area (Å²) in [6, 6.07) is 15.2. The van der Waals surface area contributed by atoms with Gasteiger partial charge in [-0.1, -0.05) is 37.3 Å². The summed E-state index contributed by atoms with van der Waals surface area (Å²) in [5.74, 6) is 0.106. The first-order valence-corrected chi connectivity index (χ1v) is 9.05. The van der Waals surface area contributed by atoms with Crippen LogP contribution < -0.4 is 15.0 Å². The molecule has 1 aliphatic heterocycles. The van der Waals surface area contributed by atoms with Crippen LogP contribution in [-0.2, 0) is 16.0 Å². The Bertz CT molecular complexity index is 803. The van der Waals surface area contributed by atoms with E-state index < -0.39 is 0 Å². The highest BCUT2D eigenvalue weighted by Crippen LogP contribution is 2.30. The van der Waals surface area contributed by atoms with Crippen LogP contribution in [0.5, 0.6) is 5.75 Å². The molecule has 136 valence electrons. The third-order valence-corrected chi connectivity index (χ3v) is 4.60. The number of nitrogens with zero attached hydrogens (tertiary/aromatic N) is 1. The second kappa shape index (κ2) is 8.04. The van der Waals surface area contributed by atoms with E-state index in [1.165, 1.54) is 0 Å². The second-order valence-electron chi connectivity index (χ2n) is 6.31. The molecule has 1 heterocycles. The van der Waals surface area contributed by atoms with Crippen LogP contribution in [0.4, 0.5) is 11.4 Å². The third-order valence-electron chi connectivity index (χ3n) is 4.60. The van der Waals surface area contributed by atoms with Gasteiger partial charge in [-0.3, -0.25) is 9.59 Å². The first-order chi connectivity index (χ1) is 12.6. The molecular weight excluding hydrogens is 328 g/mol. The van der Waals surface area contributed by atoms with Crippen molar-refractivity contribution < 1.29 is 14.3 Å². The number of amides is 2. The lowest BCUT2D eigenvalue weighted by atomic mass is 10.1. The Morgan fingerprint density at radius 1 is 1.15 bits per heavy atom. The van der Waals surface area contributed by atoms with Gasteiger partial charge in [0.05, 0.1) is 18.2 Å². The topological polar surface area (TPSA) is 58.6 Å². The minimum atomic E-state index is -0.373. The molecule has 1 atom stereocenters. The van der Waals surface area contributed by atoms with Crippen LogP contribution in [-0.4, -0.2) is 25.0 Å². The molecule has 0 bridgehead atoms. The molecule has 5 heteroatoms. The van der Waals surface area contributed by atoms with Crippen molar-refractivity contribution in [3.05, 3.63) is 54.1 Å². The van der Waals surface area contributed by atoms with Crippen LogP contribution in [0.15, 0.2) is 48.5 Å². The number of ether oxygens (including phenoxy) is 1. The van der Waals surface area contributed by atoms with E-state index >= 15 is 0 Å². The number of anilines is 2. The molecular formula is C21H24N2O3. The Kier molecular flexibility index (Phi) is 5.56. The fourth-order valence-corrected chi connectivity index (χ4v) is 3.28. The van der Waals surface area contributed by atoms with Crippen LogP contribution in [0.3, 0.4) is 0 Å². The number of hydrogen-bond acceptors (Lipinski definition) is 3. The summed E-state index contributed by atoms with van der Waals surface area (Å²) in [5.41, 5.74) is 2.66. The highest BCUT2D eigenvalue weighted by molar-refractivity contribution is 6.04. The Balaban J connectivity index is 1.73. The second-order valence-corrected chi connectivity index (χ2v) is 6.31. The van der Waals surface area contributed by atoms with E-state index in [-0.39, 0.29) is 24.2 Å². The number of rotatable bonds is 6. The zero-order valence-corrected chi connectivity index (χ0v) is 15.2. The van der Waals surface area contributed by atoms with Crippen molar-refractivity contribution in [3.63, 3.8) is 0 Å². The molecule has 0 unspecified atom stereocenters. The molecule has 5 nitrogen and oxygen atoms in total. The van der Waals surface area contributed by atoms with Gasteiger partial charge in [0.15, 0.2) is 0 Å². The summed E-state index contributed by atoms with van der Waals surface area (Å²) in [4.78, 5) is 26.9. The molecule has 2 aromatic rings. The van der Waals surface area contributed by atoms with Gasteiger partial charge in [-0.2, -0.15) is 0 Å². The van der Waals surface area contributed by atoms with Gasteiger partial charge in [-0.15, -0.1) is 0 Å². The normalized spacial score (nSPS) is 16.6. The Hall–Kier alpha value is -2.82. The molecule has 0 spiro atoms. The molecule has 0 radical (unpaired) electrons. The van der Waals surface area contributed by atoms with Crippen molar-refractivity contribution >= 4 is 23.2 Å². The molecule has 1 aliphatic rings. The maximum Gasteiger partial charge on any atom is 0.229 e. The highest BCUT2D eigenvalue weighted by atomic mass is 16.5. The fraction of sp³-hybridized carbons (Fsp3) is 0.333. The molecule has 3 rings (SSSR count). The summed E-state index contributed by atoms with van der Waals surface area (Å²) < 4.78 is 5.55. The molecule has 0 saturated carbocycles. The molecule has 1 saturated heterocycles. The van der Waals surface area contributed by atoms with E-state index in [4.69, 9.17) is 4.74 Å². The number of hydrogen-bond donors (Lipinski definition) is 1. The SMILES string of the molecule is CCOc1ccccc1NC(=O)[C@H]1CC(=O)N(c2ccccc2CC)C1. The van der Waals surface area contributed by atoms with Crippen molar-refractivity contribution in [1.82, 2.24) is 0 Å². The summed E-state index contributed by atoms with van der Waals surface area (Å²) in [6.45, 7) is 4.89. The average molecular weight is 352 g/mol. The van der Waals surface area contributed by atoms with Gasteiger partial charge < -0.3 is 15.0 Å². The molecule has 2 amide bonds.